The first-order chi connectivity index (χ1) is 11.3. The number of hydrogen-bond acceptors (Lipinski definition) is 2. The lowest BCUT2D eigenvalue weighted by atomic mass is 9.98. The zero-order chi connectivity index (χ0) is 17.6. The number of nitrogens with zero attached hydrogens (tertiary/aromatic N) is 1. The van der Waals surface area contributed by atoms with Crippen molar-refractivity contribution in [3.8, 4) is 0 Å². The predicted octanol–water partition coefficient (Wildman–Crippen LogP) is 4.79. The summed E-state index contributed by atoms with van der Waals surface area (Å²) >= 11 is 12.2. The van der Waals surface area contributed by atoms with E-state index in [0.717, 1.165) is 21.6 Å². The van der Waals surface area contributed by atoms with E-state index in [1.807, 2.05) is 32.0 Å². The van der Waals surface area contributed by atoms with Crippen molar-refractivity contribution in [1.29, 1.82) is 0 Å². The molecule has 0 spiro atoms. The molecule has 0 aliphatic carbocycles. The molecule has 0 N–H and O–H groups in total. The first-order valence-corrected chi connectivity index (χ1v) is 8.19. The molecule has 2 aromatic carbocycles. The van der Waals surface area contributed by atoms with Crippen LogP contribution >= 0.6 is 23.2 Å². The van der Waals surface area contributed by atoms with E-state index in [0.29, 0.717) is 16.3 Å². The number of rotatable bonds is 2. The molecular formula is C19H15Cl2NO2. The molecule has 1 aliphatic rings. The number of benzene rings is 2. The Morgan fingerprint density at radius 2 is 1.54 bits per heavy atom. The minimum atomic E-state index is -0.512. The van der Waals surface area contributed by atoms with Gasteiger partial charge in [0.15, 0.2) is 0 Å². The lowest BCUT2D eigenvalue weighted by molar-refractivity contribution is -0.119. The maximum absolute atomic E-state index is 12.9. The molecule has 0 saturated carbocycles. The van der Waals surface area contributed by atoms with Crippen molar-refractivity contribution in [2.75, 3.05) is 4.90 Å². The average Bonchev–Trinajstić information content (AvgIpc) is 2.71. The van der Waals surface area contributed by atoms with Gasteiger partial charge in [0.25, 0.3) is 11.8 Å². The summed E-state index contributed by atoms with van der Waals surface area (Å²) in [5, 5.41) is 0.491. The number of carbonyl (C=O) groups excluding carboxylic acids is 2. The number of carbonyl (C=O) groups is 2. The first-order valence-electron chi connectivity index (χ1n) is 7.43. The van der Waals surface area contributed by atoms with Crippen LogP contribution in [-0.2, 0) is 9.59 Å². The van der Waals surface area contributed by atoms with Gasteiger partial charge in [-0.15, -0.1) is 0 Å². The normalized spacial score (nSPS) is 14.8. The van der Waals surface area contributed by atoms with E-state index in [9.17, 15) is 9.59 Å². The van der Waals surface area contributed by atoms with Gasteiger partial charge in [-0.3, -0.25) is 9.59 Å². The Kier molecular flexibility index (Phi) is 4.24. The fourth-order valence-corrected chi connectivity index (χ4v) is 3.41. The van der Waals surface area contributed by atoms with Crippen LogP contribution in [-0.4, -0.2) is 11.8 Å². The summed E-state index contributed by atoms with van der Waals surface area (Å²) in [5.74, 6) is -0.926. The molecule has 2 amide bonds. The maximum atomic E-state index is 12.9. The van der Waals surface area contributed by atoms with Gasteiger partial charge >= 0.3 is 0 Å². The number of hydrogen-bond donors (Lipinski definition) is 0. The van der Waals surface area contributed by atoms with E-state index in [2.05, 4.69) is 0 Å². The third kappa shape index (κ3) is 2.64. The quantitative estimate of drug-likeness (QED) is 0.723. The Morgan fingerprint density at radius 3 is 2.17 bits per heavy atom. The van der Waals surface area contributed by atoms with Crippen LogP contribution in [0.2, 0.25) is 5.02 Å². The van der Waals surface area contributed by atoms with Gasteiger partial charge in [-0.25, -0.2) is 4.90 Å². The highest BCUT2D eigenvalue weighted by Gasteiger charge is 2.40. The van der Waals surface area contributed by atoms with Crippen molar-refractivity contribution in [3.63, 3.8) is 0 Å². The van der Waals surface area contributed by atoms with Crippen molar-refractivity contribution < 1.29 is 9.59 Å². The Bertz CT molecular complexity index is 916. The SMILES string of the molecule is Cc1ccc(C2=C(Cl)C(=O)N(c3ccc(Cl)cc3C)C2=O)c(C)c1. The summed E-state index contributed by atoms with van der Waals surface area (Å²) in [6.07, 6.45) is 0. The Balaban J connectivity index is 2.11. The standard InChI is InChI=1S/C19H15Cl2NO2/c1-10-4-6-14(11(2)8-10)16-17(21)19(24)22(18(16)23)15-7-5-13(20)9-12(15)3/h4-9H,1-3H3. The van der Waals surface area contributed by atoms with E-state index in [-0.39, 0.29) is 10.6 Å². The largest absolute Gasteiger partial charge is 0.277 e. The summed E-state index contributed by atoms with van der Waals surface area (Å²) in [7, 11) is 0. The van der Waals surface area contributed by atoms with Crippen molar-refractivity contribution in [2.24, 2.45) is 0 Å². The number of halogens is 2. The summed E-state index contributed by atoms with van der Waals surface area (Å²) in [5.41, 5.74) is 4.13. The molecule has 1 aliphatic heterocycles. The molecule has 5 heteroatoms. The zero-order valence-corrected chi connectivity index (χ0v) is 15.0. The molecule has 3 rings (SSSR count). The molecule has 0 aromatic heterocycles. The second-order valence-corrected chi connectivity index (χ2v) is 6.70. The molecule has 0 fully saturated rings. The number of amides is 2. The molecule has 0 atom stereocenters. The van der Waals surface area contributed by atoms with E-state index >= 15 is 0 Å². The highest BCUT2D eigenvalue weighted by atomic mass is 35.5. The van der Waals surface area contributed by atoms with Crippen LogP contribution in [0, 0.1) is 20.8 Å². The van der Waals surface area contributed by atoms with Gasteiger partial charge in [0, 0.05) is 5.02 Å². The lowest BCUT2D eigenvalue weighted by Crippen LogP contribution is -2.31. The van der Waals surface area contributed by atoms with Gasteiger partial charge in [-0.1, -0.05) is 47.0 Å². The van der Waals surface area contributed by atoms with E-state index in [1.54, 1.807) is 25.1 Å². The van der Waals surface area contributed by atoms with E-state index in [4.69, 9.17) is 23.2 Å². The molecule has 2 aromatic rings. The summed E-state index contributed by atoms with van der Waals surface area (Å²) in [6.45, 7) is 5.66. The Morgan fingerprint density at radius 1 is 0.833 bits per heavy atom. The van der Waals surface area contributed by atoms with Gasteiger partial charge in [0.05, 0.1) is 11.3 Å². The smallest absolute Gasteiger partial charge is 0.268 e. The van der Waals surface area contributed by atoms with E-state index in [1.165, 1.54) is 0 Å². The molecular weight excluding hydrogens is 345 g/mol. The first kappa shape index (κ1) is 16.7. The Hall–Kier alpha value is -2.10. The topological polar surface area (TPSA) is 37.4 Å². The molecule has 3 nitrogen and oxygen atoms in total. The van der Waals surface area contributed by atoms with Gasteiger partial charge < -0.3 is 0 Å². The van der Waals surface area contributed by atoms with Crippen LogP contribution < -0.4 is 4.90 Å². The van der Waals surface area contributed by atoms with Crippen molar-refractivity contribution in [3.05, 3.63) is 68.7 Å². The van der Waals surface area contributed by atoms with Crippen LogP contribution in [0.4, 0.5) is 5.69 Å². The lowest BCUT2D eigenvalue weighted by Gasteiger charge is -2.18. The molecule has 0 saturated heterocycles. The summed E-state index contributed by atoms with van der Waals surface area (Å²) in [6, 6.07) is 10.7. The molecule has 0 bridgehead atoms. The number of aryl methyl sites for hydroxylation is 3. The van der Waals surface area contributed by atoms with Crippen LogP contribution in [0.25, 0.3) is 5.57 Å². The molecule has 0 radical (unpaired) electrons. The zero-order valence-electron chi connectivity index (χ0n) is 13.5. The van der Waals surface area contributed by atoms with Crippen molar-refractivity contribution in [1.82, 2.24) is 0 Å². The summed E-state index contributed by atoms with van der Waals surface area (Å²) < 4.78 is 0. The molecule has 122 valence electrons. The van der Waals surface area contributed by atoms with Crippen LogP contribution in [0.15, 0.2) is 41.4 Å². The fourth-order valence-electron chi connectivity index (χ4n) is 2.92. The highest BCUT2D eigenvalue weighted by molar-refractivity contribution is 6.60. The molecule has 24 heavy (non-hydrogen) atoms. The van der Waals surface area contributed by atoms with Crippen molar-refractivity contribution >= 4 is 46.3 Å². The summed E-state index contributed by atoms with van der Waals surface area (Å²) in [4.78, 5) is 26.6. The van der Waals surface area contributed by atoms with Crippen LogP contribution in [0.1, 0.15) is 22.3 Å². The maximum Gasteiger partial charge on any atom is 0.277 e. The van der Waals surface area contributed by atoms with Gasteiger partial charge in [0.1, 0.15) is 5.03 Å². The van der Waals surface area contributed by atoms with Gasteiger partial charge in [0.2, 0.25) is 0 Å². The minimum Gasteiger partial charge on any atom is -0.268 e. The van der Waals surface area contributed by atoms with E-state index < -0.39 is 11.8 Å². The predicted molar refractivity (Wildman–Crippen MR) is 97.4 cm³/mol. The number of anilines is 1. The third-order valence-corrected chi connectivity index (χ3v) is 4.66. The monoisotopic (exact) mass is 359 g/mol. The molecule has 1 heterocycles. The number of imide groups is 1. The molecule has 0 unspecified atom stereocenters. The van der Waals surface area contributed by atoms with Crippen LogP contribution in [0.3, 0.4) is 0 Å². The van der Waals surface area contributed by atoms with Gasteiger partial charge in [-0.05, 0) is 55.7 Å². The Labute approximate surface area is 150 Å². The highest BCUT2D eigenvalue weighted by Crippen LogP contribution is 2.37. The second-order valence-electron chi connectivity index (χ2n) is 5.88. The van der Waals surface area contributed by atoms with Gasteiger partial charge in [-0.2, -0.15) is 0 Å². The van der Waals surface area contributed by atoms with Crippen molar-refractivity contribution in [2.45, 2.75) is 20.8 Å². The second kappa shape index (κ2) is 6.08. The minimum absolute atomic E-state index is 0.0543. The fraction of sp³-hybridized carbons (Fsp3) is 0.158. The van der Waals surface area contributed by atoms with Crippen LogP contribution in [0.5, 0.6) is 0 Å². The average molecular weight is 360 g/mol. The third-order valence-electron chi connectivity index (χ3n) is 4.08.